The third kappa shape index (κ3) is 2.99. The molecule has 0 saturated carbocycles. The molecule has 0 unspecified atom stereocenters. The van der Waals surface area contributed by atoms with Gasteiger partial charge in [0.1, 0.15) is 0 Å². The number of amides is 2. The second-order valence-corrected chi connectivity index (χ2v) is 3.51. The van der Waals surface area contributed by atoms with Crippen molar-refractivity contribution in [3.63, 3.8) is 0 Å². The summed E-state index contributed by atoms with van der Waals surface area (Å²) < 4.78 is 0. The molecule has 5 nitrogen and oxygen atoms in total. The Balaban J connectivity index is 2.36. The van der Waals surface area contributed by atoms with Crippen molar-refractivity contribution in [1.82, 2.24) is 15.1 Å². The third-order valence-electron chi connectivity index (χ3n) is 2.38. The number of likely N-dealkylation sites (N-methyl/N-ethyl adjacent to an activating group) is 1. The van der Waals surface area contributed by atoms with Gasteiger partial charge in [-0.25, -0.2) is 0 Å². The summed E-state index contributed by atoms with van der Waals surface area (Å²) in [4.78, 5) is 25.7. The molecule has 1 N–H and O–H groups in total. The van der Waals surface area contributed by atoms with E-state index >= 15 is 0 Å². The van der Waals surface area contributed by atoms with Crippen LogP contribution < -0.4 is 5.32 Å². The van der Waals surface area contributed by atoms with Crippen molar-refractivity contribution in [3.05, 3.63) is 0 Å². The molecule has 1 heterocycles. The zero-order chi connectivity index (χ0) is 10.6. The average Bonchev–Trinajstić information content (AvgIpc) is 2.19. The van der Waals surface area contributed by atoms with Gasteiger partial charge in [0.05, 0.1) is 6.54 Å². The summed E-state index contributed by atoms with van der Waals surface area (Å²) in [6.45, 7) is 4.82. The summed E-state index contributed by atoms with van der Waals surface area (Å²) >= 11 is 0. The first-order chi connectivity index (χ1) is 6.61. The number of nitrogens with one attached hydrogen (secondary N) is 1. The topological polar surface area (TPSA) is 52.7 Å². The molecule has 0 spiro atoms. The molecular formula is C9H17N3O2. The fraction of sp³-hybridized carbons (Fsp3) is 0.778. The molecule has 0 aromatic carbocycles. The van der Waals surface area contributed by atoms with E-state index in [0.29, 0.717) is 0 Å². The maximum absolute atomic E-state index is 11.6. The lowest BCUT2D eigenvalue weighted by atomic mass is 10.3. The lowest BCUT2D eigenvalue weighted by Crippen LogP contribution is -2.49. The van der Waals surface area contributed by atoms with Crippen LogP contribution >= 0.6 is 0 Å². The molecule has 1 aliphatic heterocycles. The monoisotopic (exact) mass is 199 g/mol. The lowest BCUT2D eigenvalue weighted by Gasteiger charge is -2.28. The standard InChI is InChI=1S/C9H17N3O2/c1-8(13)11(2)7-9(14)12-5-3-10-4-6-12/h10H,3-7H2,1-2H3. The zero-order valence-electron chi connectivity index (χ0n) is 8.75. The molecule has 14 heavy (non-hydrogen) atoms. The van der Waals surface area contributed by atoms with Crippen molar-refractivity contribution in [1.29, 1.82) is 0 Å². The van der Waals surface area contributed by atoms with Gasteiger partial charge >= 0.3 is 0 Å². The van der Waals surface area contributed by atoms with Gasteiger partial charge in [-0.1, -0.05) is 0 Å². The number of carbonyl (C=O) groups is 2. The van der Waals surface area contributed by atoms with Crippen LogP contribution in [0.3, 0.4) is 0 Å². The summed E-state index contributed by atoms with van der Waals surface area (Å²) in [6.07, 6.45) is 0. The average molecular weight is 199 g/mol. The fourth-order valence-electron chi connectivity index (χ4n) is 1.33. The molecule has 1 aliphatic rings. The van der Waals surface area contributed by atoms with Crippen LogP contribution in [0.15, 0.2) is 0 Å². The molecule has 0 aliphatic carbocycles. The predicted octanol–water partition coefficient (Wildman–Crippen LogP) is -1.10. The molecule has 5 heteroatoms. The molecule has 80 valence electrons. The van der Waals surface area contributed by atoms with Gasteiger partial charge in [-0.3, -0.25) is 9.59 Å². The van der Waals surface area contributed by atoms with Gasteiger partial charge in [-0.2, -0.15) is 0 Å². The SMILES string of the molecule is CC(=O)N(C)CC(=O)N1CCNCC1. The van der Waals surface area contributed by atoms with E-state index in [9.17, 15) is 9.59 Å². The van der Waals surface area contributed by atoms with Crippen molar-refractivity contribution < 1.29 is 9.59 Å². The Morgan fingerprint density at radius 2 is 1.93 bits per heavy atom. The van der Waals surface area contributed by atoms with Gasteiger partial charge in [0.2, 0.25) is 11.8 Å². The minimum atomic E-state index is -0.0755. The van der Waals surface area contributed by atoms with E-state index in [1.165, 1.54) is 11.8 Å². The van der Waals surface area contributed by atoms with Gasteiger partial charge in [-0.15, -0.1) is 0 Å². The number of hydrogen-bond acceptors (Lipinski definition) is 3. The van der Waals surface area contributed by atoms with Crippen LogP contribution in [0.4, 0.5) is 0 Å². The van der Waals surface area contributed by atoms with Gasteiger partial charge in [-0.05, 0) is 0 Å². The lowest BCUT2D eigenvalue weighted by molar-refractivity contribution is -0.138. The second-order valence-electron chi connectivity index (χ2n) is 3.51. The Labute approximate surface area is 84.0 Å². The van der Waals surface area contributed by atoms with Gasteiger partial charge in [0, 0.05) is 40.2 Å². The van der Waals surface area contributed by atoms with E-state index in [1.54, 1.807) is 11.9 Å². The number of carbonyl (C=O) groups excluding carboxylic acids is 2. The highest BCUT2D eigenvalue weighted by atomic mass is 16.2. The summed E-state index contributed by atoms with van der Waals surface area (Å²) in [7, 11) is 1.64. The van der Waals surface area contributed by atoms with Crippen LogP contribution in [0.1, 0.15) is 6.92 Å². The summed E-state index contributed by atoms with van der Waals surface area (Å²) in [5, 5.41) is 3.17. The van der Waals surface area contributed by atoms with Gasteiger partial charge in [0.15, 0.2) is 0 Å². The minimum absolute atomic E-state index is 0.0317. The Hall–Kier alpha value is -1.10. The number of rotatable bonds is 2. The number of piperazine rings is 1. The van der Waals surface area contributed by atoms with Crippen LogP contribution in [0.2, 0.25) is 0 Å². The number of hydrogen-bond donors (Lipinski definition) is 1. The largest absolute Gasteiger partial charge is 0.339 e. The first kappa shape index (κ1) is 11.0. The van der Waals surface area contributed by atoms with Crippen LogP contribution in [0.25, 0.3) is 0 Å². The van der Waals surface area contributed by atoms with E-state index in [4.69, 9.17) is 0 Å². The minimum Gasteiger partial charge on any atom is -0.339 e. The molecule has 0 atom stereocenters. The normalized spacial score (nSPS) is 16.6. The fourth-order valence-corrected chi connectivity index (χ4v) is 1.33. The molecule has 1 saturated heterocycles. The van der Waals surface area contributed by atoms with Crippen molar-refractivity contribution in [3.8, 4) is 0 Å². The van der Waals surface area contributed by atoms with Gasteiger partial charge < -0.3 is 15.1 Å². The maximum Gasteiger partial charge on any atom is 0.242 e. The first-order valence-corrected chi connectivity index (χ1v) is 4.81. The highest BCUT2D eigenvalue weighted by Gasteiger charge is 2.18. The highest BCUT2D eigenvalue weighted by Crippen LogP contribution is 1.95. The van der Waals surface area contributed by atoms with E-state index in [-0.39, 0.29) is 18.4 Å². The molecular weight excluding hydrogens is 182 g/mol. The van der Waals surface area contributed by atoms with Crippen LogP contribution in [0, 0.1) is 0 Å². The molecule has 1 rings (SSSR count). The van der Waals surface area contributed by atoms with Crippen molar-refractivity contribution >= 4 is 11.8 Å². The first-order valence-electron chi connectivity index (χ1n) is 4.81. The second kappa shape index (κ2) is 4.95. The molecule has 2 amide bonds. The zero-order valence-corrected chi connectivity index (χ0v) is 8.75. The van der Waals surface area contributed by atoms with Crippen LogP contribution in [-0.2, 0) is 9.59 Å². The van der Waals surface area contributed by atoms with E-state index in [0.717, 1.165) is 26.2 Å². The van der Waals surface area contributed by atoms with Crippen molar-refractivity contribution in [2.24, 2.45) is 0 Å². The van der Waals surface area contributed by atoms with E-state index in [1.807, 2.05) is 0 Å². The third-order valence-corrected chi connectivity index (χ3v) is 2.38. The van der Waals surface area contributed by atoms with E-state index in [2.05, 4.69) is 5.32 Å². The van der Waals surface area contributed by atoms with Crippen molar-refractivity contribution in [2.45, 2.75) is 6.92 Å². The Morgan fingerprint density at radius 3 is 2.43 bits per heavy atom. The van der Waals surface area contributed by atoms with Crippen molar-refractivity contribution in [2.75, 3.05) is 39.8 Å². The quantitative estimate of drug-likeness (QED) is 0.614. The molecule has 1 fully saturated rings. The van der Waals surface area contributed by atoms with Crippen LogP contribution in [0.5, 0.6) is 0 Å². The maximum atomic E-state index is 11.6. The van der Waals surface area contributed by atoms with Crippen LogP contribution in [-0.4, -0.2) is 61.4 Å². The summed E-state index contributed by atoms with van der Waals surface area (Å²) in [5.41, 5.74) is 0. The Bertz CT molecular complexity index is 224. The molecule has 0 aromatic heterocycles. The molecule has 0 bridgehead atoms. The molecule has 0 radical (unpaired) electrons. The Kier molecular flexibility index (Phi) is 3.88. The number of nitrogens with zero attached hydrogens (tertiary/aromatic N) is 2. The molecule has 0 aromatic rings. The summed E-state index contributed by atoms with van der Waals surface area (Å²) in [5.74, 6) is -0.0438. The highest BCUT2D eigenvalue weighted by molar-refractivity contribution is 5.83. The Morgan fingerprint density at radius 1 is 1.36 bits per heavy atom. The summed E-state index contributed by atoms with van der Waals surface area (Å²) in [6, 6.07) is 0. The van der Waals surface area contributed by atoms with Gasteiger partial charge in [0.25, 0.3) is 0 Å². The predicted molar refractivity (Wildman–Crippen MR) is 52.8 cm³/mol. The smallest absolute Gasteiger partial charge is 0.242 e. The van der Waals surface area contributed by atoms with E-state index < -0.39 is 0 Å².